The van der Waals surface area contributed by atoms with Gasteiger partial charge in [0.2, 0.25) is 17.7 Å². The van der Waals surface area contributed by atoms with Gasteiger partial charge in [0.1, 0.15) is 11.6 Å². The van der Waals surface area contributed by atoms with Crippen LogP contribution in [0.4, 0.5) is 11.5 Å². The molecule has 156 valence electrons. The van der Waals surface area contributed by atoms with Crippen molar-refractivity contribution in [2.24, 2.45) is 5.73 Å². The summed E-state index contributed by atoms with van der Waals surface area (Å²) in [5, 5.41) is 7.61. The Bertz CT molecular complexity index is 1240. The van der Waals surface area contributed by atoms with Crippen LogP contribution in [0.1, 0.15) is 16.1 Å². The van der Waals surface area contributed by atoms with Crippen LogP contribution in [0.15, 0.2) is 66.9 Å². The number of hydrogen-bond donors (Lipinski definition) is 2. The van der Waals surface area contributed by atoms with Crippen LogP contribution >= 0.6 is 0 Å². The summed E-state index contributed by atoms with van der Waals surface area (Å²) in [5.41, 5.74) is 7.21. The number of aryl methyl sites for hydroxylation is 1. The fourth-order valence-electron chi connectivity index (χ4n) is 2.91. The largest absolute Gasteiger partial charge is 0.481 e. The molecule has 0 radical (unpaired) electrons. The molecular weight excluding hydrogens is 396 g/mol. The van der Waals surface area contributed by atoms with Gasteiger partial charge in [0.05, 0.1) is 12.8 Å². The van der Waals surface area contributed by atoms with E-state index in [9.17, 15) is 4.79 Å². The van der Waals surface area contributed by atoms with Gasteiger partial charge in [0.15, 0.2) is 5.82 Å². The molecule has 0 spiro atoms. The van der Waals surface area contributed by atoms with E-state index in [-0.39, 0.29) is 0 Å². The number of hydrogen-bond acceptors (Lipinski definition) is 7. The molecule has 0 aliphatic heterocycles. The number of ether oxygens (including phenoxy) is 2. The highest BCUT2D eigenvalue weighted by atomic mass is 16.5. The third-order valence-electron chi connectivity index (χ3n) is 4.31. The first-order valence-electron chi connectivity index (χ1n) is 9.41. The maximum absolute atomic E-state index is 11.4. The van der Waals surface area contributed by atoms with Crippen molar-refractivity contribution >= 4 is 17.4 Å². The van der Waals surface area contributed by atoms with Gasteiger partial charge in [0.25, 0.3) is 0 Å². The predicted octanol–water partition coefficient (Wildman–Crippen LogP) is 3.61. The van der Waals surface area contributed by atoms with Crippen molar-refractivity contribution < 1.29 is 14.3 Å². The van der Waals surface area contributed by atoms with Crippen LogP contribution in [0.25, 0.3) is 5.82 Å². The van der Waals surface area contributed by atoms with Crippen LogP contribution in [0, 0.1) is 6.92 Å². The summed E-state index contributed by atoms with van der Waals surface area (Å²) >= 11 is 0. The molecule has 1 amide bonds. The number of rotatable bonds is 7. The van der Waals surface area contributed by atoms with Gasteiger partial charge in [-0.25, -0.2) is 4.98 Å². The second kappa shape index (κ2) is 8.54. The van der Waals surface area contributed by atoms with E-state index in [2.05, 4.69) is 20.4 Å². The summed E-state index contributed by atoms with van der Waals surface area (Å²) in [6, 6.07) is 17.5. The van der Waals surface area contributed by atoms with Crippen LogP contribution in [0.5, 0.6) is 17.5 Å². The zero-order chi connectivity index (χ0) is 21.8. The van der Waals surface area contributed by atoms with Crippen LogP contribution in [-0.4, -0.2) is 32.8 Å². The Morgan fingerprint density at radius 2 is 1.94 bits per heavy atom. The number of benzene rings is 1. The molecule has 0 aliphatic carbocycles. The summed E-state index contributed by atoms with van der Waals surface area (Å²) in [7, 11) is 1.56. The van der Waals surface area contributed by atoms with Crippen molar-refractivity contribution in [2.75, 3.05) is 12.4 Å². The molecule has 0 aliphatic rings. The molecule has 3 N–H and O–H groups in total. The lowest BCUT2D eigenvalue weighted by atomic mass is 10.2. The smallest absolute Gasteiger partial charge is 0.248 e. The normalized spacial score (nSPS) is 10.5. The van der Waals surface area contributed by atoms with Crippen molar-refractivity contribution in [3.8, 4) is 23.3 Å². The molecule has 31 heavy (non-hydrogen) atoms. The zero-order valence-corrected chi connectivity index (χ0v) is 16.9. The number of nitrogens with two attached hydrogens (primary N) is 1. The van der Waals surface area contributed by atoms with E-state index in [1.54, 1.807) is 54.4 Å². The molecule has 0 saturated carbocycles. The number of amides is 1. The number of primary amides is 1. The highest BCUT2D eigenvalue weighted by Crippen LogP contribution is 2.27. The maximum atomic E-state index is 11.4. The Balaban J connectivity index is 1.59. The lowest BCUT2D eigenvalue weighted by molar-refractivity contribution is 0.100. The average Bonchev–Trinajstić information content (AvgIpc) is 3.14. The minimum atomic E-state index is -0.497. The fraction of sp³-hybridized carbons (Fsp3) is 0.0909. The Kier molecular flexibility index (Phi) is 5.48. The molecule has 3 aromatic heterocycles. The third-order valence-corrected chi connectivity index (χ3v) is 4.31. The molecule has 4 aromatic rings. The molecule has 0 saturated heterocycles. The van der Waals surface area contributed by atoms with Crippen LogP contribution in [0.3, 0.4) is 0 Å². The first-order valence-corrected chi connectivity index (χ1v) is 9.41. The van der Waals surface area contributed by atoms with Gasteiger partial charge in [-0.3, -0.25) is 4.79 Å². The van der Waals surface area contributed by atoms with E-state index < -0.39 is 5.91 Å². The predicted molar refractivity (Wildman–Crippen MR) is 115 cm³/mol. The second-order valence-corrected chi connectivity index (χ2v) is 6.62. The molecule has 3 heterocycles. The molecule has 0 atom stereocenters. The Hall–Kier alpha value is -4.40. The van der Waals surface area contributed by atoms with E-state index in [0.29, 0.717) is 40.4 Å². The summed E-state index contributed by atoms with van der Waals surface area (Å²) in [4.78, 5) is 20.1. The van der Waals surface area contributed by atoms with Crippen molar-refractivity contribution in [2.45, 2.75) is 6.92 Å². The summed E-state index contributed by atoms with van der Waals surface area (Å²) in [6.07, 6.45) is 1.62. The van der Waals surface area contributed by atoms with Crippen molar-refractivity contribution in [1.29, 1.82) is 0 Å². The summed E-state index contributed by atoms with van der Waals surface area (Å²) < 4.78 is 12.9. The molecule has 1 aromatic carbocycles. The fourth-order valence-corrected chi connectivity index (χ4v) is 2.91. The summed E-state index contributed by atoms with van der Waals surface area (Å²) in [5.74, 6) is 2.13. The van der Waals surface area contributed by atoms with Crippen molar-refractivity contribution in [3.05, 3.63) is 78.1 Å². The first-order chi connectivity index (χ1) is 15.0. The number of nitrogens with zero attached hydrogens (tertiary/aromatic N) is 4. The standard InChI is InChI=1S/C22H20N6O3/c1-14-11-21(28(27-14)19-7-4-8-20(26-19)30-2)31-17-9-10-24-18(13-17)25-16-6-3-5-15(12-16)22(23)29/h3-13H,1-2H3,(H2,23,29)(H,24,25). The van der Waals surface area contributed by atoms with E-state index in [1.165, 1.54) is 0 Å². The van der Waals surface area contributed by atoms with Gasteiger partial charge in [-0.2, -0.15) is 14.8 Å². The van der Waals surface area contributed by atoms with Crippen LogP contribution in [-0.2, 0) is 0 Å². The molecule has 4 rings (SSSR count). The van der Waals surface area contributed by atoms with Gasteiger partial charge in [-0.15, -0.1) is 0 Å². The molecule has 0 unspecified atom stereocenters. The van der Waals surface area contributed by atoms with E-state index in [4.69, 9.17) is 15.2 Å². The third kappa shape index (κ3) is 4.61. The number of aromatic nitrogens is 4. The highest BCUT2D eigenvalue weighted by molar-refractivity contribution is 5.93. The van der Waals surface area contributed by atoms with E-state index in [0.717, 1.165) is 5.69 Å². The number of methoxy groups -OCH3 is 1. The van der Waals surface area contributed by atoms with Gasteiger partial charge >= 0.3 is 0 Å². The monoisotopic (exact) mass is 416 g/mol. The molecule has 9 nitrogen and oxygen atoms in total. The topological polar surface area (TPSA) is 117 Å². The first kappa shape index (κ1) is 19.9. The van der Waals surface area contributed by atoms with Gasteiger partial charge in [-0.1, -0.05) is 12.1 Å². The second-order valence-electron chi connectivity index (χ2n) is 6.62. The number of nitrogens with one attached hydrogen (secondary N) is 1. The SMILES string of the molecule is COc1cccc(-n2nc(C)cc2Oc2ccnc(Nc3cccc(C(N)=O)c3)c2)n1. The van der Waals surface area contributed by atoms with Crippen LogP contribution < -0.4 is 20.5 Å². The number of carbonyl (C=O) groups excluding carboxylic acids is 1. The van der Waals surface area contributed by atoms with Gasteiger partial charge in [-0.05, 0) is 37.3 Å². The van der Waals surface area contributed by atoms with Crippen LogP contribution in [0.2, 0.25) is 0 Å². The van der Waals surface area contributed by atoms with Gasteiger partial charge < -0.3 is 20.5 Å². The van der Waals surface area contributed by atoms with Crippen molar-refractivity contribution in [3.63, 3.8) is 0 Å². The van der Waals surface area contributed by atoms with E-state index in [1.807, 2.05) is 31.2 Å². The lowest BCUT2D eigenvalue weighted by Crippen LogP contribution is -2.10. The molecule has 0 bridgehead atoms. The zero-order valence-electron chi connectivity index (χ0n) is 16.9. The number of anilines is 2. The Morgan fingerprint density at radius 3 is 2.74 bits per heavy atom. The van der Waals surface area contributed by atoms with Gasteiger partial charge in [0, 0.05) is 35.6 Å². The minimum Gasteiger partial charge on any atom is -0.481 e. The summed E-state index contributed by atoms with van der Waals surface area (Å²) in [6.45, 7) is 1.87. The Morgan fingerprint density at radius 1 is 1.10 bits per heavy atom. The number of carbonyl (C=O) groups is 1. The quantitative estimate of drug-likeness (QED) is 0.472. The minimum absolute atomic E-state index is 0.405. The van der Waals surface area contributed by atoms with Crippen molar-refractivity contribution in [1.82, 2.24) is 19.7 Å². The number of pyridine rings is 2. The molecule has 9 heteroatoms. The average molecular weight is 416 g/mol. The molecule has 0 fully saturated rings. The lowest BCUT2D eigenvalue weighted by Gasteiger charge is -2.11. The maximum Gasteiger partial charge on any atom is 0.248 e. The highest BCUT2D eigenvalue weighted by Gasteiger charge is 2.12. The van der Waals surface area contributed by atoms with E-state index >= 15 is 0 Å². The molecular formula is C22H20N6O3. The Labute approximate surface area is 178 Å².